The van der Waals surface area contributed by atoms with Gasteiger partial charge in [0.25, 0.3) is 5.91 Å². The molecule has 1 aromatic rings. The largest absolute Gasteiger partial charge is 0.480 e. The van der Waals surface area contributed by atoms with Crippen LogP contribution >= 0.6 is 15.9 Å². The maximum Gasteiger partial charge on any atom is 0.258 e. The van der Waals surface area contributed by atoms with Crippen LogP contribution in [0.2, 0.25) is 0 Å². The third-order valence-corrected chi connectivity index (χ3v) is 3.46. The second kappa shape index (κ2) is 8.27. The van der Waals surface area contributed by atoms with E-state index in [9.17, 15) is 4.79 Å². The molecule has 3 N–H and O–H groups in total. The van der Waals surface area contributed by atoms with Gasteiger partial charge in [0.15, 0.2) is 6.10 Å². The van der Waals surface area contributed by atoms with Crippen molar-refractivity contribution in [1.82, 2.24) is 5.32 Å². The molecular formula is C15H23BrN2O2. The fourth-order valence-corrected chi connectivity index (χ4v) is 2.60. The van der Waals surface area contributed by atoms with Crippen molar-refractivity contribution in [3.05, 3.63) is 27.7 Å². The Bertz CT molecular complexity index is 463. The number of nitrogens with two attached hydrogens (primary N) is 1. The summed E-state index contributed by atoms with van der Waals surface area (Å²) in [7, 11) is 0. The molecule has 0 aromatic heterocycles. The van der Waals surface area contributed by atoms with Gasteiger partial charge in [-0.25, -0.2) is 0 Å². The molecule has 0 aliphatic heterocycles. The monoisotopic (exact) mass is 342 g/mol. The Morgan fingerprint density at radius 1 is 1.45 bits per heavy atom. The highest BCUT2D eigenvalue weighted by Crippen LogP contribution is 2.29. The first kappa shape index (κ1) is 17.0. The number of hydrogen-bond acceptors (Lipinski definition) is 3. The normalized spacial score (nSPS) is 12.2. The van der Waals surface area contributed by atoms with E-state index in [1.54, 1.807) is 0 Å². The molecule has 0 aliphatic rings. The molecule has 1 unspecified atom stereocenters. The smallest absolute Gasteiger partial charge is 0.258 e. The molecule has 1 aromatic carbocycles. The fraction of sp³-hybridized carbons (Fsp3) is 0.533. The van der Waals surface area contributed by atoms with Crippen LogP contribution < -0.4 is 15.8 Å². The van der Waals surface area contributed by atoms with Crippen molar-refractivity contribution in [2.45, 2.75) is 46.3 Å². The molecule has 0 saturated carbocycles. The summed E-state index contributed by atoms with van der Waals surface area (Å²) in [4.78, 5) is 11.4. The number of rotatable bonds is 8. The average molecular weight is 343 g/mol. The van der Waals surface area contributed by atoms with E-state index < -0.39 is 12.0 Å². The molecule has 0 radical (unpaired) electrons. The van der Waals surface area contributed by atoms with Gasteiger partial charge in [-0.05, 0) is 44.0 Å². The fourth-order valence-electron chi connectivity index (χ4n) is 1.98. The van der Waals surface area contributed by atoms with Gasteiger partial charge in [-0.2, -0.15) is 0 Å². The standard InChI is InChI=1S/C15H23BrN2O2/c1-4-6-18-9-11-8-12(16)7-10(3)14(11)20-13(5-2)15(17)19/h7-8,13,18H,4-6,9H2,1-3H3,(H2,17,19). The van der Waals surface area contributed by atoms with E-state index in [2.05, 4.69) is 28.2 Å². The Balaban J connectivity index is 2.99. The molecule has 1 amide bonds. The number of hydrogen-bond donors (Lipinski definition) is 2. The van der Waals surface area contributed by atoms with Crippen molar-refractivity contribution in [3.8, 4) is 5.75 Å². The van der Waals surface area contributed by atoms with Crippen molar-refractivity contribution >= 4 is 21.8 Å². The topological polar surface area (TPSA) is 64.3 Å². The third kappa shape index (κ3) is 4.80. The summed E-state index contributed by atoms with van der Waals surface area (Å²) in [5.74, 6) is 0.324. The van der Waals surface area contributed by atoms with Gasteiger partial charge in [0.05, 0.1) is 0 Å². The first-order valence-electron chi connectivity index (χ1n) is 6.95. The number of amides is 1. The van der Waals surface area contributed by atoms with E-state index in [1.165, 1.54) is 0 Å². The predicted octanol–water partition coefficient (Wildman–Crippen LogP) is 2.90. The Labute approximate surface area is 129 Å². The van der Waals surface area contributed by atoms with Crippen molar-refractivity contribution in [2.24, 2.45) is 5.73 Å². The van der Waals surface area contributed by atoms with Gasteiger partial charge in [-0.15, -0.1) is 0 Å². The molecular weight excluding hydrogens is 320 g/mol. The van der Waals surface area contributed by atoms with Crippen LogP contribution in [0.4, 0.5) is 0 Å². The minimum Gasteiger partial charge on any atom is -0.480 e. The lowest BCUT2D eigenvalue weighted by Gasteiger charge is -2.20. The lowest BCUT2D eigenvalue weighted by Crippen LogP contribution is -2.33. The van der Waals surface area contributed by atoms with Crippen molar-refractivity contribution in [2.75, 3.05) is 6.54 Å². The zero-order chi connectivity index (χ0) is 15.1. The zero-order valence-electron chi connectivity index (χ0n) is 12.3. The molecule has 0 spiro atoms. The highest BCUT2D eigenvalue weighted by molar-refractivity contribution is 9.10. The molecule has 20 heavy (non-hydrogen) atoms. The minimum absolute atomic E-state index is 0.428. The van der Waals surface area contributed by atoms with E-state index in [0.29, 0.717) is 13.0 Å². The van der Waals surface area contributed by atoms with E-state index in [1.807, 2.05) is 26.0 Å². The molecule has 1 rings (SSSR count). The number of aryl methyl sites for hydroxylation is 1. The highest BCUT2D eigenvalue weighted by Gasteiger charge is 2.18. The van der Waals surface area contributed by atoms with Gasteiger partial charge < -0.3 is 15.8 Å². The molecule has 0 bridgehead atoms. The van der Waals surface area contributed by atoms with Crippen LogP contribution in [0.5, 0.6) is 5.75 Å². The summed E-state index contributed by atoms with van der Waals surface area (Å²) in [5.41, 5.74) is 7.38. The van der Waals surface area contributed by atoms with E-state index in [-0.39, 0.29) is 0 Å². The molecule has 5 heteroatoms. The van der Waals surface area contributed by atoms with Crippen LogP contribution in [0.25, 0.3) is 0 Å². The van der Waals surface area contributed by atoms with E-state index >= 15 is 0 Å². The second-order valence-electron chi connectivity index (χ2n) is 4.80. The number of halogens is 1. The summed E-state index contributed by atoms with van der Waals surface area (Å²) in [5, 5.41) is 3.35. The zero-order valence-corrected chi connectivity index (χ0v) is 13.9. The lowest BCUT2D eigenvalue weighted by atomic mass is 10.1. The summed E-state index contributed by atoms with van der Waals surface area (Å²) in [6.07, 6.45) is 1.05. The van der Waals surface area contributed by atoms with Crippen LogP contribution in [-0.2, 0) is 11.3 Å². The molecule has 4 nitrogen and oxygen atoms in total. The van der Waals surface area contributed by atoms with Gasteiger partial charge in [0.1, 0.15) is 5.75 Å². The third-order valence-electron chi connectivity index (χ3n) is 3.01. The van der Waals surface area contributed by atoms with Crippen LogP contribution in [0.15, 0.2) is 16.6 Å². The highest BCUT2D eigenvalue weighted by atomic mass is 79.9. The number of ether oxygens (including phenoxy) is 1. The number of carbonyl (C=O) groups excluding carboxylic acids is 1. The molecule has 112 valence electrons. The minimum atomic E-state index is -0.584. The van der Waals surface area contributed by atoms with E-state index in [0.717, 1.165) is 34.3 Å². The Morgan fingerprint density at radius 2 is 2.15 bits per heavy atom. The molecule has 0 fully saturated rings. The average Bonchev–Trinajstić information content (AvgIpc) is 2.37. The van der Waals surface area contributed by atoms with Gasteiger partial charge in [0, 0.05) is 16.6 Å². The van der Waals surface area contributed by atoms with Gasteiger partial charge in [0.2, 0.25) is 0 Å². The Kier molecular flexibility index (Phi) is 7.02. The molecule has 0 heterocycles. The lowest BCUT2D eigenvalue weighted by molar-refractivity contribution is -0.124. The van der Waals surface area contributed by atoms with Gasteiger partial charge >= 0.3 is 0 Å². The van der Waals surface area contributed by atoms with Crippen molar-refractivity contribution < 1.29 is 9.53 Å². The van der Waals surface area contributed by atoms with Crippen molar-refractivity contribution in [1.29, 1.82) is 0 Å². The Hall–Kier alpha value is -1.07. The van der Waals surface area contributed by atoms with Crippen LogP contribution in [0.3, 0.4) is 0 Å². The number of primary amides is 1. The maximum atomic E-state index is 11.4. The number of nitrogens with one attached hydrogen (secondary N) is 1. The van der Waals surface area contributed by atoms with Crippen LogP contribution in [-0.4, -0.2) is 18.6 Å². The quantitative estimate of drug-likeness (QED) is 0.714. The molecule has 0 saturated heterocycles. The molecule has 1 atom stereocenters. The first-order chi connectivity index (χ1) is 9.49. The van der Waals surface area contributed by atoms with Crippen LogP contribution in [0, 0.1) is 6.92 Å². The van der Waals surface area contributed by atoms with Gasteiger partial charge in [-0.1, -0.05) is 29.8 Å². The van der Waals surface area contributed by atoms with Crippen LogP contribution in [0.1, 0.15) is 37.8 Å². The van der Waals surface area contributed by atoms with Gasteiger partial charge in [-0.3, -0.25) is 4.79 Å². The predicted molar refractivity (Wildman–Crippen MR) is 84.8 cm³/mol. The first-order valence-corrected chi connectivity index (χ1v) is 7.74. The summed E-state index contributed by atoms with van der Waals surface area (Å²) >= 11 is 3.49. The maximum absolute atomic E-state index is 11.4. The summed E-state index contributed by atoms with van der Waals surface area (Å²) in [6.45, 7) is 7.63. The number of benzene rings is 1. The van der Waals surface area contributed by atoms with Crippen molar-refractivity contribution in [3.63, 3.8) is 0 Å². The molecule has 0 aliphatic carbocycles. The second-order valence-corrected chi connectivity index (χ2v) is 5.72. The number of carbonyl (C=O) groups is 1. The Morgan fingerprint density at radius 3 is 2.70 bits per heavy atom. The summed E-state index contributed by atoms with van der Waals surface area (Å²) < 4.78 is 6.84. The van der Waals surface area contributed by atoms with E-state index in [4.69, 9.17) is 10.5 Å². The SMILES string of the molecule is CCCNCc1cc(Br)cc(C)c1OC(CC)C(N)=O. The summed E-state index contributed by atoms with van der Waals surface area (Å²) in [6, 6.07) is 3.99.